The van der Waals surface area contributed by atoms with E-state index < -0.39 is 0 Å². The molecule has 4 heteroatoms. The first-order chi connectivity index (χ1) is 7.97. The number of hydrogen-bond donors (Lipinski definition) is 0. The SMILES string of the molecule is COc1c(C)cc(Br)c2c1C(=O)O[C@@H](C)[C@@H]2C. The lowest BCUT2D eigenvalue weighted by molar-refractivity contribution is 0.0235. The normalized spacial score (nSPS) is 23.0. The molecule has 0 N–H and O–H groups in total. The quantitative estimate of drug-likeness (QED) is 0.745. The van der Waals surface area contributed by atoms with Crippen LogP contribution in [0.5, 0.6) is 5.75 Å². The highest BCUT2D eigenvalue weighted by atomic mass is 79.9. The fourth-order valence-corrected chi connectivity index (χ4v) is 3.15. The van der Waals surface area contributed by atoms with E-state index in [1.807, 2.05) is 19.9 Å². The van der Waals surface area contributed by atoms with Gasteiger partial charge in [0.1, 0.15) is 17.4 Å². The predicted octanol–water partition coefficient (Wildman–Crippen LogP) is 3.43. The minimum atomic E-state index is -0.299. The molecule has 1 heterocycles. The number of carbonyl (C=O) groups is 1. The lowest BCUT2D eigenvalue weighted by Crippen LogP contribution is -2.29. The third-order valence-electron chi connectivity index (χ3n) is 3.32. The molecule has 17 heavy (non-hydrogen) atoms. The molecule has 1 aliphatic heterocycles. The maximum atomic E-state index is 12.0. The van der Waals surface area contributed by atoms with Crippen molar-refractivity contribution in [3.8, 4) is 5.75 Å². The molecule has 1 aromatic rings. The van der Waals surface area contributed by atoms with Gasteiger partial charge in [0.15, 0.2) is 0 Å². The van der Waals surface area contributed by atoms with E-state index in [9.17, 15) is 4.79 Å². The minimum Gasteiger partial charge on any atom is -0.496 e. The molecule has 2 rings (SSSR count). The van der Waals surface area contributed by atoms with Crippen LogP contribution in [-0.2, 0) is 4.74 Å². The molecule has 0 amide bonds. The first-order valence-electron chi connectivity index (χ1n) is 5.55. The summed E-state index contributed by atoms with van der Waals surface area (Å²) >= 11 is 3.53. The summed E-state index contributed by atoms with van der Waals surface area (Å²) in [5, 5.41) is 0. The van der Waals surface area contributed by atoms with Crippen molar-refractivity contribution in [3.05, 3.63) is 27.2 Å². The van der Waals surface area contributed by atoms with Gasteiger partial charge in [-0.2, -0.15) is 0 Å². The Hall–Kier alpha value is -1.03. The second-order valence-corrected chi connectivity index (χ2v) is 5.25. The van der Waals surface area contributed by atoms with E-state index in [2.05, 4.69) is 22.9 Å². The minimum absolute atomic E-state index is 0.112. The van der Waals surface area contributed by atoms with E-state index in [1.165, 1.54) is 0 Å². The van der Waals surface area contributed by atoms with Crippen LogP contribution < -0.4 is 4.74 Å². The van der Waals surface area contributed by atoms with Crippen molar-refractivity contribution in [1.82, 2.24) is 0 Å². The fraction of sp³-hybridized carbons (Fsp3) is 0.462. The molecule has 1 aromatic carbocycles. The number of benzene rings is 1. The Kier molecular flexibility index (Phi) is 3.17. The first-order valence-corrected chi connectivity index (χ1v) is 6.34. The van der Waals surface area contributed by atoms with Crippen LogP contribution in [0.15, 0.2) is 10.5 Å². The maximum Gasteiger partial charge on any atom is 0.342 e. The van der Waals surface area contributed by atoms with Crippen molar-refractivity contribution < 1.29 is 14.3 Å². The van der Waals surface area contributed by atoms with Gasteiger partial charge in [-0.15, -0.1) is 0 Å². The van der Waals surface area contributed by atoms with Gasteiger partial charge in [-0.1, -0.05) is 22.9 Å². The van der Waals surface area contributed by atoms with Gasteiger partial charge in [0.2, 0.25) is 0 Å². The van der Waals surface area contributed by atoms with Crippen molar-refractivity contribution in [2.75, 3.05) is 7.11 Å². The second kappa shape index (κ2) is 4.33. The molecule has 0 radical (unpaired) electrons. The Labute approximate surface area is 109 Å². The molecule has 0 saturated carbocycles. The van der Waals surface area contributed by atoms with E-state index in [4.69, 9.17) is 9.47 Å². The Morgan fingerprint density at radius 2 is 2.06 bits per heavy atom. The summed E-state index contributed by atoms with van der Waals surface area (Å²) < 4.78 is 11.6. The van der Waals surface area contributed by atoms with Crippen molar-refractivity contribution in [3.63, 3.8) is 0 Å². The summed E-state index contributed by atoms with van der Waals surface area (Å²) in [6.07, 6.45) is -0.112. The van der Waals surface area contributed by atoms with Gasteiger partial charge in [0, 0.05) is 10.4 Å². The van der Waals surface area contributed by atoms with E-state index in [0.29, 0.717) is 11.3 Å². The number of ether oxygens (including phenoxy) is 2. The van der Waals surface area contributed by atoms with Gasteiger partial charge in [-0.05, 0) is 31.0 Å². The van der Waals surface area contributed by atoms with Crippen molar-refractivity contribution in [1.29, 1.82) is 0 Å². The predicted molar refractivity (Wildman–Crippen MR) is 68.7 cm³/mol. The molecule has 0 saturated heterocycles. The average molecular weight is 299 g/mol. The highest BCUT2D eigenvalue weighted by Crippen LogP contribution is 2.42. The number of halogens is 1. The lowest BCUT2D eigenvalue weighted by Gasteiger charge is -2.30. The van der Waals surface area contributed by atoms with Gasteiger partial charge in [-0.25, -0.2) is 4.79 Å². The summed E-state index contributed by atoms with van der Waals surface area (Å²) in [5.74, 6) is 0.477. The average Bonchev–Trinajstić information content (AvgIpc) is 2.25. The molecular weight excluding hydrogens is 284 g/mol. The summed E-state index contributed by atoms with van der Waals surface area (Å²) in [6.45, 7) is 5.87. The zero-order chi connectivity index (χ0) is 12.7. The highest BCUT2D eigenvalue weighted by Gasteiger charge is 2.35. The summed E-state index contributed by atoms with van der Waals surface area (Å²) in [5.41, 5.74) is 2.47. The zero-order valence-corrected chi connectivity index (χ0v) is 11.9. The van der Waals surface area contributed by atoms with Crippen LogP contribution >= 0.6 is 15.9 Å². The van der Waals surface area contributed by atoms with Crippen LogP contribution in [0.3, 0.4) is 0 Å². The van der Waals surface area contributed by atoms with Gasteiger partial charge in [0.25, 0.3) is 0 Å². The van der Waals surface area contributed by atoms with Gasteiger partial charge >= 0.3 is 5.97 Å². The van der Waals surface area contributed by atoms with Crippen LogP contribution in [0.1, 0.15) is 41.3 Å². The molecule has 92 valence electrons. The van der Waals surface area contributed by atoms with Crippen LogP contribution in [-0.4, -0.2) is 19.2 Å². The molecule has 0 fully saturated rings. The molecule has 1 aliphatic rings. The molecular formula is C13H15BrO3. The Morgan fingerprint density at radius 1 is 1.41 bits per heavy atom. The Balaban J connectivity index is 2.75. The Bertz CT molecular complexity index is 482. The van der Waals surface area contributed by atoms with Gasteiger partial charge < -0.3 is 9.47 Å². The molecule has 0 aliphatic carbocycles. The largest absolute Gasteiger partial charge is 0.496 e. The smallest absolute Gasteiger partial charge is 0.342 e. The molecule has 0 bridgehead atoms. The summed E-state index contributed by atoms with van der Waals surface area (Å²) in [4.78, 5) is 12.0. The molecule has 0 unspecified atom stereocenters. The second-order valence-electron chi connectivity index (χ2n) is 4.40. The van der Waals surface area contributed by atoms with Crippen LogP contribution in [0.4, 0.5) is 0 Å². The van der Waals surface area contributed by atoms with E-state index in [1.54, 1.807) is 7.11 Å². The van der Waals surface area contributed by atoms with Crippen molar-refractivity contribution in [2.45, 2.75) is 32.8 Å². The summed E-state index contributed by atoms with van der Waals surface area (Å²) in [7, 11) is 1.58. The number of methoxy groups -OCH3 is 1. The standard InChI is InChI=1S/C13H15BrO3/c1-6-5-9(14)10-7(2)8(3)17-13(15)11(10)12(6)16-4/h5,7-8H,1-4H3/t7-,8-/m0/s1. The Morgan fingerprint density at radius 3 is 2.65 bits per heavy atom. The molecule has 3 nitrogen and oxygen atoms in total. The topological polar surface area (TPSA) is 35.5 Å². The first kappa shape index (κ1) is 12.4. The number of carbonyl (C=O) groups excluding carboxylic acids is 1. The number of esters is 1. The van der Waals surface area contributed by atoms with E-state index >= 15 is 0 Å². The lowest BCUT2D eigenvalue weighted by atomic mass is 9.87. The van der Waals surface area contributed by atoms with Crippen molar-refractivity contribution in [2.24, 2.45) is 0 Å². The number of hydrogen-bond acceptors (Lipinski definition) is 3. The highest BCUT2D eigenvalue weighted by molar-refractivity contribution is 9.10. The summed E-state index contributed by atoms with van der Waals surface area (Å²) in [6, 6.07) is 1.99. The van der Waals surface area contributed by atoms with Gasteiger partial charge in [0.05, 0.1) is 7.11 Å². The number of aryl methyl sites for hydroxylation is 1. The number of cyclic esters (lactones) is 1. The number of fused-ring (bicyclic) bond motifs is 1. The fourth-order valence-electron chi connectivity index (χ4n) is 2.25. The third kappa shape index (κ3) is 1.84. The van der Waals surface area contributed by atoms with Crippen LogP contribution in [0.2, 0.25) is 0 Å². The van der Waals surface area contributed by atoms with Gasteiger partial charge in [-0.3, -0.25) is 0 Å². The zero-order valence-electron chi connectivity index (χ0n) is 10.3. The van der Waals surface area contributed by atoms with Crippen LogP contribution in [0, 0.1) is 6.92 Å². The van der Waals surface area contributed by atoms with E-state index in [0.717, 1.165) is 15.6 Å². The van der Waals surface area contributed by atoms with Crippen molar-refractivity contribution >= 4 is 21.9 Å². The molecule has 0 spiro atoms. The van der Waals surface area contributed by atoms with E-state index in [-0.39, 0.29) is 18.0 Å². The monoisotopic (exact) mass is 298 g/mol. The maximum absolute atomic E-state index is 12.0. The van der Waals surface area contributed by atoms with Crippen LogP contribution in [0.25, 0.3) is 0 Å². The third-order valence-corrected chi connectivity index (χ3v) is 3.97. The molecule has 2 atom stereocenters. The number of rotatable bonds is 1. The molecule has 0 aromatic heterocycles.